The van der Waals surface area contributed by atoms with Gasteiger partial charge in [0.25, 0.3) is 0 Å². The molecule has 0 spiro atoms. The molecule has 7 heteroatoms. The predicted octanol–water partition coefficient (Wildman–Crippen LogP) is 3.90. The van der Waals surface area contributed by atoms with E-state index in [-0.39, 0.29) is 0 Å². The number of carbonyl (C=O) groups excluding carboxylic acids is 1. The van der Waals surface area contributed by atoms with E-state index in [0.717, 1.165) is 15.8 Å². The van der Waals surface area contributed by atoms with Crippen molar-refractivity contribution < 1.29 is 19.0 Å². The van der Waals surface area contributed by atoms with Crippen molar-refractivity contribution in [3.63, 3.8) is 0 Å². The van der Waals surface area contributed by atoms with Crippen molar-refractivity contribution in [1.82, 2.24) is 9.97 Å². The van der Waals surface area contributed by atoms with Gasteiger partial charge in [0.1, 0.15) is 11.2 Å². The van der Waals surface area contributed by atoms with E-state index in [1.807, 2.05) is 13.8 Å². The van der Waals surface area contributed by atoms with E-state index in [1.54, 1.807) is 29.5 Å². The average Bonchev–Trinajstić information content (AvgIpc) is 2.89. The molecule has 0 bridgehead atoms. The van der Waals surface area contributed by atoms with E-state index in [2.05, 4.69) is 9.97 Å². The maximum atomic E-state index is 11.6. The predicted molar refractivity (Wildman–Crippen MR) is 91.3 cm³/mol. The normalized spacial score (nSPS) is 10.7. The number of carbonyl (C=O) groups is 1. The molecule has 0 amide bonds. The van der Waals surface area contributed by atoms with Crippen LogP contribution in [0.2, 0.25) is 0 Å². The molecule has 0 N–H and O–H groups in total. The highest BCUT2D eigenvalue weighted by Crippen LogP contribution is 2.38. The Kier molecular flexibility index (Phi) is 4.35. The van der Waals surface area contributed by atoms with Gasteiger partial charge < -0.3 is 14.2 Å². The zero-order chi connectivity index (χ0) is 17.3. The van der Waals surface area contributed by atoms with Crippen LogP contribution in [-0.2, 0) is 4.74 Å². The average molecular weight is 344 g/mol. The van der Waals surface area contributed by atoms with Crippen LogP contribution in [0.15, 0.2) is 24.5 Å². The summed E-state index contributed by atoms with van der Waals surface area (Å²) in [5.41, 5.74) is 1.48. The molecule has 0 unspecified atom stereocenters. The molecule has 3 aromatic rings. The molecule has 0 fully saturated rings. The van der Waals surface area contributed by atoms with Crippen LogP contribution in [0, 0.1) is 13.8 Å². The molecule has 0 aliphatic carbocycles. The summed E-state index contributed by atoms with van der Waals surface area (Å²) in [6.07, 6.45) is 1.47. The summed E-state index contributed by atoms with van der Waals surface area (Å²) in [6, 6.07) is 4.85. The summed E-state index contributed by atoms with van der Waals surface area (Å²) >= 11 is 1.60. The number of methoxy groups -OCH3 is 2. The molecule has 0 aliphatic heterocycles. The van der Waals surface area contributed by atoms with Crippen molar-refractivity contribution in [3.8, 4) is 17.4 Å². The molecule has 1 aromatic carbocycles. The van der Waals surface area contributed by atoms with Crippen molar-refractivity contribution in [2.24, 2.45) is 0 Å². The number of hydrogen-bond acceptors (Lipinski definition) is 7. The minimum Gasteiger partial charge on any atom is -0.493 e. The molecule has 24 heavy (non-hydrogen) atoms. The lowest BCUT2D eigenvalue weighted by Gasteiger charge is -2.11. The highest BCUT2D eigenvalue weighted by atomic mass is 32.1. The molecule has 3 rings (SSSR count). The van der Waals surface area contributed by atoms with Gasteiger partial charge >= 0.3 is 5.97 Å². The molecule has 0 saturated heterocycles. The summed E-state index contributed by atoms with van der Waals surface area (Å²) in [5.74, 6) is 0.919. The largest absolute Gasteiger partial charge is 0.493 e. The van der Waals surface area contributed by atoms with Crippen molar-refractivity contribution in [1.29, 1.82) is 0 Å². The Morgan fingerprint density at radius 2 is 1.92 bits per heavy atom. The fourth-order valence-corrected chi connectivity index (χ4v) is 3.32. The first-order valence-corrected chi connectivity index (χ1v) is 8.01. The van der Waals surface area contributed by atoms with Gasteiger partial charge in [-0.3, -0.25) is 0 Å². The van der Waals surface area contributed by atoms with Gasteiger partial charge in [-0.05, 0) is 37.6 Å². The van der Waals surface area contributed by atoms with Crippen LogP contribution in [0.1, 0.15) is 20.8 Å². The van der Waals surface area contributed by atoms with Crippen LogP contribution in [0.25, 0.3) is 10.2 Å². The van der Waals surface area contributed by atoms with E-state index < -0.39 is 5.97 Å². The maximum absolute atomic E-state index is 11.6. The summed E-state index contributed by atoms with van der Waals surface area (Å²) in [4.78, 5) is 22.2. The van der Waals surface area contributed by atoms with Gasteiger partial charge in [0, 0.05) is 4.88 Å². The standard InChI is InChI=1S/C17H16N2O4S/c1-9-10(2)24-16-14(9)15(18-8-19-16)23-12-6-5-11(17(20)22-4)7-13(12)21-3/h5-8H,1-4H3. The van der Waals surface area contributed by atoms with Crippen LogP contribution in [0.4, 0.5) is 0 Å². The van der Waals surface area contributed by atoms with Gasteiger partial charge in [-0.1, -0.05) is 0 Å². The molecule has 0 aliphatic rings. The smallest absolute Gasteiger partial charge is 0.337 e. The number of benzene rings is 1. The van der Waals surface area contributed by atoms with Crippen LogP contribution >= 0.6 is 11.3 Å². The molecular weight excluding hydrogens is 328 g/mol. The first-order chi connectivity index (χ1) is 11.5. The maximum Gasteiger partial charge on any atom is 0.337 e. The minimum atomic E-state index is -0.436. The monoisotopic (exact) mass is 344 g/mol. The molecule has 0 saturated carbocycles. The van der Waals surface area contributed by atoms with E-state index in [1.165, 1.54) is 25.4 Å². The number of nitrogens with zero attached hydrogens (tertiary/aromatic N) is 2. The molecule has 6 nitrogen and oxygen atoms in total. The number of rotatable bonds is 4. The van der Waals surface area contributed by atoms with E-state index in [9.17, 15) is 4.79 Å². The van der Waals surface area contributed by atoms with E-state index in [4.69, 9.17) is 14.2 Å². The third-order valence-electron chi connectivity index (χ3n) is 3.72. The van der Waals surface area contributed by atoms with E-state index in [0.29, 0.717) is 22.9 Å². The summed E-state index contributed by atoms with van der Waals surface area (Å²) in [5, 5.41) is 0.888. The fourth-order valence-electron chi connectivity index (χ4n) is 2.33. The Bertz CT molecular complexity index is 920. The first-order valence-electron chi connectivity index (χ1n) is 7.20. The van der Waals surface area contributed by atoms with Gasteiger partial charge in [-0.15, -0.1) is 11.3 Å². The lowest BCUT2D eigenvalue weighted by molar-refractivity contribution is 0.0600. The molecule has 0 radical (unpaired) electrons. The quantitative estimate of drug-likeness (QED) is 0.669. The Labute approximate surface area is 143 Å². The Morgan fingerprint density at radius 3 is 2.62 bits per heavy atom. The second kappa shape index (κ2) is 6.45. The van der Waals surface area contributed by atoms with Crippen molar-refractivity contribution >= 4 is 27.5 Å². The number of aromatic nitrogens is 2. The van der Waals surface area contributed by atoms with Crippen LogP contribution in [0.5, 0.6) is 17.4 Å². The van der Waals surface area contributed by atoms with Gasteiger partial charge in [-0.25, -0.2) is 14.8 Å². The fraction of sp³-hybridized carbons (Fsp3) is 0.235. The Morgan fingerprint density at radius 1 is 1.12 bits per heavy atom. The second-order valence-electron chi connectivity index (χ2n) is 5.10. The molecule has 2 heterocycles. The SMILES string of the molecule is COC(=O)c1ccc(Oc2ncnc3sc(C)c(C)c23)c(OC)c1. The molecule has 2 aromatic heterocycles. The third-order valence-corrected chi connectivity index (χ3v) is 4.84. The van der Waals surface area contributed by atoms with Crippen molar-refractivity contribution in [2.45, 2.75) is 13.8 Å². The highest BCUT2D eigenvalue weighted by molar-refractivity contribution is 7.18. The van der Waals surface area contributed by atoms with E-state index >= 15 is 0 Å². The molecular formula is C17H16N2O4S. The minimum absolute atomic E-state index is 0.386. The van der Waals surface area contributed by atoms with Gasteiger partial charge in [0.2, 0.25) is 5.88 Å². The zero-order valence-electron chi connectivity index (χ0n) is 13.7. The van der Waals surface area contributed by atoms with Gasteiger partial charge in [0.05, 0.1) is 25.2 Å². The van der Waals surface area contributed by atoms with Crippen LogP contribution < -0.4 is 9.47 Å². The van der Waals surface area contributed by atoms with Crippen LogP contribution in [-0.4, -0.2) is 30.2 Å². The van der Waals surface area contributed by atoms with Crippen molar-refractivity contribution in [3.05, 3.63) is 40.5 Å². The summed E-state index contributed by atoms with van der Waals surface area (Å²) < 4.78 is 16.0. The number of fused-ring (bicyclic) bond motifs is 1. The lowest BCUT2D eigenvalue weighted by atomic mass is 10.2. The summed E-state index contributed by atoms with van der Waals surface area (Å²) in [6.45, 7) is 4.05. The number of esters is 1. The number of aryl methyl sites for hydroxylation is 2. The van der Waals surface area contributed by atoms with Gasteiger partial charge in [-0.2, -0.15) is 0 Å². The van der Waals surface area contributed by atoms with Crippen LogP contribution in [0.3, 0.4) is 0 Å². The summed E-state index contributed by atoms with van der Waals surface area (Å²) in [7, 11) is 2.84. The Balaban J connectivity index is 2.04. The number of hydrogen-bond donors (Lipinski definition) is 0. The molecule has 124 valence electrons. The Hall–Kier alpha value is -2.67. The topological polar surface area (TPSA) is 70.5 Å². The first kappa shape index (κ1) is 16.2. The third kappa shape index (κ3) is 2.78. The molecule has 0 atom stereocenters. The highest BCUT2D eigenvalue weighted by Gasteiger charge is 2.17. The van der Waals surface area contributed by atoms with Crippen molar-refractivity contribution in [2.75, 3.05) is 14.2 Å². The van der Waals surface area contributed by atoms with Gasteiger partial charge in [0.15, 0.2) is 11.5 Å². The number of ether oxygens (including phenoxy) is 3. The number of thiophene rings is 1. The second-order valence-corrected chi connectivity index (χ2v) is 6.30. The zero-order valence-corrected chi connectivity index (χ0v) is 14.6. The lowest BCUT2D eigenvalue weighted by Crippen LogP contribution is -2.02.